The van der Waals surface area contributed by atoms with Crippen molar-refractivity contribution in [2.24, 2.45) is 0 Å². The number of ketones is 1. The van der Waals surface area contributed by atoms with Crippen LogP contribution < -0.4 is 4.90 Å². The molecule has 3 heterocycles. The molecule has 1 saturated carbocycles. The van der Waals surface area contributed by atoms with Gasteiger partial charge >= 0.3 is 0 Å². The summed E-state index contributed by atoms with van der Waals surface area (Å²) in [5.74, 6) is 1.65. The quantitative estimate of drug-likeness (QED) is 0.493. The highest BCUT2D eigenvalue weighted by atomic mass is 16.1. The molecule has 1 N–H and O–H groups in total. The molecule has 2 aromatic heterocycles. The van der Waals surface area contributed by atoms with Gasteiger partial charge in [-0.1, -0.05) is 35.9 Å². The number of benzene rings is 2. The molecule has 176 valence electrons. The van der Waals surface area contributed by atoms with Crippen molar-refractivity contribution >= 4 is 22.5 Å². The molecule has 7 rings (SSSR count). The fourth-order valence-electron chi connectivity index (χ4n) is 6.23. The second kappa shape index (κ2) is 7.49. The number of nitrogens with one attached hydrogen (secondary N) is 1. The van der Waals surface area contributed by atoms with Gasteiger partial charge in [0.25, 0.3) is 0 Å². The SMILES string of the molecule is Cc1ccc2c(c1)[C@]1(CC1c1ccc3c(-c4ccc(N5CCN(C)CC5)nc4)n[nH]c3c1)C(=O)C2. The van der Waals surface area contributed by atoms with Crippen molar-refractivity contribution in [1.29, 1.82) is 0 Å². The van der Waals surface area contributed by atoms with Gasteiger partial charge in [0.05, 0.1) is 10.9 Å². The number of fused-ring (bicyclic) bond motifs is 3. The van der Waals surface area contributed by atoms with Crippen LogP contribution in [0.5, 0.6) is 0 Å². The van der Waals surface area contributed by atoms with Crippen molar-refractivity contribution in [3.8, 4) is 11.3 Å². The molecule has 2 fully saturated rings. The van der Waals surface area contributed by atoms with Crippen molar-refractivity contribution in [2.45, 2.75) is 31.1 Å². The van der Waals surface area contributed by atoms with Gasteiger partial charge in [-0.2, -0.15) is 5.10 Å². The molecular weight excluding hydrogens is 434 g/mol. The Balaban J connectivity index is 1.17. The second-order valence-electron chi connectivity index (χ2n) is 10.6. The maximum atomic E-state index is 13.1. The van der Waals surface area contributed by atoms with Gasteiger partial charge in [-0.15, -0.1) is 0 Å². The smallest absolute Gasteiger partial charge is 0.148 e. The fraction of sp³-hybridized carbons (Fsp3) is 0.345. The molecule has 0 amide bonds. The molecule has 0 bridgehead atoms. The summed E-state index contributed by atoms with van der Waals surface area (Å²) in [6.45, 7) is 6.25. The van der Waals surface area contributed by atoms with E-state index in [1.807, 2.05) is 6.20 Å². The van der Waals surface area contributed by atoms with Crippen LogP contribution in [0.15, 0.2) is 54.7 Å². The second-order valence-corrected chi connectivity index (χ2v) is 10.6. The summed E-state index contributed by atoms with van der Waals surface area (Å²) >= 11 is 0. The molecule has 2 aliphatic carbocycles. The van der Waals surface area contributed by atoms with Gasteiger partial charge < -0.3 is 9.80 Å². The molecule has 35 heavy (non-hydrogen) atoms. The van der Waals surface area contributed by atoms with Crippen LogP contribution in [0, 0.1) is 6.92 Å². The number of Topliss-reactive ketones (excluding diaryl/α,β-unsaturated/α-hetero) is 1. The van der Waals surface area contributed by atoms with Gasteiger partial charge in [0.15, 0.2) is 0 Å². The molecule has 6 heteroatoms. The lowest BCUT2D eigenvalue weighted by Gasteiger charge is -2.33. The molecule has 1 spiro atoms. The highest BCUT2D eigenvalue weighted by molar-refractivity contribution is 6.01. The number of hydrogen-bond acceptors (Lipinski definition) is 5. The van der Waals surface area contributed by atoms with Crippen LogP contribution in [0.4, 0.5) is 5.82 Å². The molecule has 4 aromatic rings. The van der Waals surface area contributed by atoms with Crippen molar-refractivity contribution in [3.63, 3.8) is 0 Å². The van der Waals surface area contributed by atoms with E-state index in [0.29, 0.717) is 12.2 Å². The summed E-state index contributed by atoms with van der Waals surface area (Å²) < 4.78 is 0. The predicted octanol–water partition coefficient (Wildman–Crippen LogP) is 4.24. The zero-order chi connectivity index (χ0) is 23.7. The average molecular weight is 464 g/mol. The van der Waals surface area contributed by atoms with Gasteiger partial charge in [-0.05, 0) is 55.3 Å². The number of carbonyl (C=O) groups excluding carboxylic acids is 1. The summed E-state index contributed by atoms with van der Waals surface area (Å²) in [5, 5.41) is 8.96. The van der Waals surface area contributed by atoms with Gasteiger partial charge in [0.1, 0.15) is 17.3 Å². The van der Waals surface area contributed by atoms with E-state index in [4.69, 9.17) is 4.98 Å². The number of nitrogens with zero attached hydrogens (tertiary/aromatic N) is 4. The summed E-state index contributed by atoms with van der Waals surface area (Å²) in [5.41, 5.74) is 7.54. The number of aryl methyl sites for hydroxylation is 1. The Morgan fingerprint density at radius 2 is 1.89 bits per heavy atom. The van der Waals surface area contributed by atoms with Crippen molar-refractivity contribution in [3.05, 3.63) is 77.0 Å². The highest BCUT2D eigenvalue weighted by Crippen LogP contribution is 2.64. The number of pyridine rings is 1. The Morgan fingerprint density at radius 1 is 1.03 bits per heavy atom. The minimum atomic E-state index is -0.319. The molecule has 6 nitrogen and oxygen atoms in total. The minimum absolute atomic E-state index is 0.249. The van der Waals surface area contributed by atoms with E-state index < -0.39 is 0 Å². The number of hydrogen-bond donors (Lipinski definition) is 1. The summed E-state index contributed by atoms with van der Waals surface area (Å²) in [6, 6.07) is 17.2. The lowest BCUT2D eigenvalue weighted by Crippen LogP contribution is -2.44. The Bertz CT molecular complexity index is 1460. The lowest BCUT2D eigenvalue weighted by atomic mass is 9.90. The fourth-order valence-corrected chi connectivity index (χ4v) is 6.23. The largest absolute Gasteiger partial charge is 0.354 e. The third kappa shape index (κ3) is 3.16. The monoisotopic (exact) mass is 463 g/mol. The van der Waals surface area contributed by atoms with Crippen LogP contribution in [0.25, 0.3) is 22.2 Å². The first kappa shape index (κ1) is 20.8. The zero-order valence-electron chi connectivity index (χ0n) is 20.2. The van der Waals surface area contributed by atoms with Gasteiger partial charge in [0.2, 0.25) is 0 Å². The van der Waals surface area contributed by atoms with Crippen LogP contribution in [0.2, 0.25) is 0 Å². The average Bonchev–Trinajstić information content (AvgIpc) is 3.40. The summed E-state index contributed by atoms with van der Waals surface area (Å²) in [4.78, 5) is 22.5. The number of aromatic nitrogens is 3. The molecular formula is C29H29N5O. The first-order valence-electron chi connectivity index (χ1n) is 12.5. The first-order valence-corrected chi connectivity index (χ1v) is 12.5. The maximum Gasteiger partial charge on any atom is 0.148 e. The highest BCUT2D eigenvalue weighted by Gasteiger charge is 2.64. The predicted molar refractivity (Wildman–Crippen MR) is 138 cm³/mol. The lowest BCUT2D eigenvalue weighted by molar-refractivity contribution is -0.120. The van der Waals surface area contributed by atoms with E-state index in [1.54, 1.807) is 0 Å². The minimum Gasteiger partial charge on any atom is -0.354 e. The van der Waals surface area contributed by atoms with Crippen LogP contribution in [-0.2, 0) is 16.6 Å². The first-order chi connectivity index (χ1) is 17.0. The Labute approximate surface area is 205 Å². The molecule has 3 aliphatic rings. The van der Waals surface area contributed by atoms with Crippen molar-refractivity contribution < 1.29 is 4.79 Å². The molecule has 2 aromatic carbocycles. The Hall–Kier alpha value is -3.51. The Morgan fingerprint density at radius 3 is 2.69 bits per heavy atom. The van der Waals surface area contributed by atoms with Crippen LogP contribution in [0.3, 0.4) is 0 Å². The maximum absolute atomic E-state index is 13.1. The summed E-state index contributed by atoms with van der Waals surface area (Å²) in [6.07, 6.45) is 3.41. The van der Waals surface area contributed by atoms with E-state index in [-0.39, 0.29) is 11.3 Å². The van der Waals surface area contributed by atoms with E-state index >= 15 is 0 Å². The summed E-state index contributed by atoms with van der Waals surface area (Å²) in [7, 11) is 2.16. The van der Waals surface area contributed by atoms with Crippen molar-refractivity contribution in [1.82, 2.24) is 20.1 Å². The topological polar surface area (TPSA) is 65.1 Å². The number of carbonyl (C=O) groups is 1. The standard InChI is InChI=1S/C29H29N5O/c1-18-3-4-20-15-26(35)29(23(20)13-18)16-24(29)19-5-7-22-25(14-19)31-32-28(22)21-6-8-27(30-17-21)34-11-9-33(2)10-12-34/h3-8,13-14,17,24H,9-12,15-16H2,1-2H3,(H,31,32)/t24?,29-/m0/s1. The molecule has 0 radical (unpaired) electrons. The number of piperazine rings is 1. The number of aromatic amines is 1. The zero-order valence-corrected chi connectivity index (χ0v) is 20.2. The van der Waals surface area contributed by atoms with Crippen LogP contribution in [0.1, 0.15) is 34.6 Å². The molecule has 1 aliphatic heterocycles. The van der Waals surface area contributed by atoms with E-state index in [1.165, 1.54) is 22.3 Å². The number of H-pyrrole nitrogens is 1. The number of likely N-dealkylation sites (N-methyl/N-ethyl adjacent to an activating group) is 1. The third-order valence-corrected chi connectivity index (χ3v) is 8.39. The van der Waals surface area contributed by atoms with E-state index in [9.17, 15) is 4.79 Å². The van der Waals surface area contributed by atoms with E-state index in [0.717, 1.165) is 60.6 Å². The molecule has 1 saturated heterocycles. The number of rotatable bonds is 3. The molecule has 2 atom stereocenters. The van der Waals surface area contributed by atoms with Crippen LogP contribution in [-0.4, -0.2) is 59.1 Å². The van der Waals surface area contributed by atoms with E-state index in [2.05, 4.69) is 82.5 Å². The Kier molecular flexibility index (Phi) is 4.46. The van der Waals surface area contributed by atoms with Gasteiger partial charge in [-0.25, -0.2) is 4.98 Å². The third-order valence-electron chi connectivity index (χ3n) is 8.39. The van der Waals surface area contributed by atoms with Crippen molar-refractivity contribution in [2.75, 3.05) is 38.1 Å². The normalized spacial score (nSPS) is 23.9. The van der Waals surface area contributed by atoms with Gasteiger partial charge in [0, 0.05) is 55.7 Å². The van der Waals surface area contributed by atoms with Crippen LogP contribution >= 0.6 is 0 Å². The number of anilines is 1. The molecule has 1 unspecified atom stereocenters. The van der Waals surface area contributed by atoms with Gasteiger partial charge in [-0.3, -0.25) is 9.89 Å².